The Bertz CT molecular complexity index is 470. The normalized spacial score (nSPS) is 18.0. The smallest absolute Gasteiger partial charge is 0.222 e. The number of carbonyl (C=O) groups excluding carboxylic acids is 1. The summed E-state index contributed by atoms with van der Waals surface area (Å²) in [4.78, 5) is 17.2. The fourth-order valence-electron chi connectivity index (χ4n) is 2.48. The number of nitriles is 1. The molecule has 1 aliphatic heterocycles. The van der Waals surface area contributed by atoms with Crippen LogP contribution in [0.15, 0.2) is 17.5 Å². The number of carbonyl (C=O) groups is 1. The molecule has 1 fully saturated rings. The SMILES string of the molecule is CC(C)CC(=O)N1CCN(C(C#N)c2cccs2)CC1. The summed E-state index contributed by atoms with van der Waals surface area (Å²) in [5, 5.41) is 11.4. The highest BCUT2D eigenvalue weighted by Gasteiger charge is 2.27. The zero-order valence-electron chi connectivity index (χ0n) is 12.1. The molecule has 1 saturated heterocycles. The maximum atomic E-state index is 12.0. The number of nitrogens with zero attached hydrogens (tertiary/aromatic N) is 3. The molecule has 20 heavy (non-hydrogen) atoms. The third-order valence-electron chi connectivity index (χ3n) is 3.55. The molecule has 1 aliphatic rings. The molecule has 1 unspecified atom stereocenters. The molecule has 1 aromatic heterocycles. The molecule has 4 nitrogen and oxygen atoms in total. The predicted molar refractivity (Wildman–Crippen MR) is 80.3 cm³/mol. The lowest BCUT2D eigenvalue weighted by atomic mass is 10.1. The predicted octanol–water partition coefficient (Wildman–Crippen LogP) is 2.50. The van der Waals surface area contributed by atoms with Gasteiger partial charge in [-0.3, -0.25) is 9.69 Å². The topological polar surface area (TPSA) is 47.3 Å². The average molecular weight is 291 g/mol. The molecule has 0 N–H and O–H groups in total. The van der Waals surface area contributed by atoms with Crippen LogP contribution < -0.4 is 0 Å². The van der Waals surface area contributed by atoms with Gasteiger partial charge in [0.15, 0.2) is 0 Å². The zero-order chi connectivity index (χ0) is 14.5. The number of thiophene rings is 1. The van der Waals surface area contributed by atoms with E-state index < -0.39 is 0 Å². The molecule has 0 aliphatic carbocycles. The highest BCUT2D eigenvalue weighted by Crippen LogP contribution is 2.25. The second-order valence-corrected chi connectivity index (χ2v) is 6.54. The van der Waals surface area contributed by atoms with Crippen molar-refractivity contribution in [3.05, 3.63) is 22.4 Å². The van der Waals surface area contributed by atoms with Crippen molar-refractivity contribution < 1.29 is 4.79 Å². The van der Waals surface area contributed by atoms with E-state index in [9.17, 15) is 10.1 Å². The fourth-order valence-corrected chi connectivity index (χ4v) is 3.28. The zero-order valence-corrected chi connectivity index (χ0v) is 12.9. The van der Waals surface area contributed by atoms with E-state index in [0.717, 1.165) is 31.1 Å². The molecule has 0 spiro atoms. The second-order valence-electron chi connectivity index (χ2n) is 5.56. The van der Waals surface area contributed by atoms with Crippen molar-refractivity contribution in [2.45, 2.75) is 26.3 Å². The van der Waals surface area contributed by atoms with E-state index in [0.29, 0.717) is 12.3 Å². The Kier molecular flexibility index (Phi) is 5.16. The summed E-state index contributed by atoms with van der Waals surface area (Å²) in [7, 11) is 0. The van der Waals surface area contributed by atoms with Crippen molar-refractivity contribution in [3.8, 4) is 6.07 Å². The number of hydrogen-bond acceptors (Lipinski definition) is 4. The van der Waals surface area contributed by atoms with Gasteiger partial charge in [0.25, 0.3) is 0 Å². The Morgan fingerprint density at radius 2 is 2.10 bits per heavy atom. The van der Waals surface area contributed by atoms with Crippen molar-refractivity contribution in [2.75, 3.05) is 26.2 Å². The van der Waals surface area contributed by atoms with E-state index in [4.69, 9.17) is 0 Å². The van der Waals surface area contributed by atoms with Gasteiger partial charge in [0.1, 0.15) is 6.04 Å². The van der Waals surface area contributed by atoms with Crippen LogP contribution in [0.2, 0.25) is 0 Å². The summed E-state index contributed by atoms with van der Waals surface area (Å²) in [6.07, 6.45) is 0.618. The lowest BCUT2D eigenvalue weighted by molar-refractivity contribution is -0.133. The van der Waals surface area contributed by atoms with E-state index in [-0.39, 0.29) is 11.9 Å². The van der Waals surface area contributed by atoms with E-state index in [2.05, 4.69) is 24.8 Å². The minimum Gasteiger partial charge on any atom is -0.340 e. The largest absolute Gasteiger partial charge is 0.340 e. The number of hydrogen-bond donors (Lipinski definition) is 0. The van der Waals surface area contributed by atoms with E-state index >= 15 is 0 Å². The van der Waals surface area contributed by atoms with Gasteiger partial charge in [0, 0.05) is 37.5 Å². The Labute approximate surface area is 124 Å². The van der Waals surface area contributed by atoms with E-state index in [1.54, 1.807) is 11.3 Å². The van der Waals surface area contributed by atoms with Gasteiger partial charge >= 0.3 is 0 Å². The number of rotatable bonds is 4. The van der Waals surface area contributed by atoms with Gasteiger partial charge in [0.2, 0.25) is 5.91 Å². The third kappa shape index (κ3) is 3.59. The van der Waals surface area contributed by atoms with Crippen molar-refractivity contribution in [1.82, 2.24) is 9.80 Å². The lowest BCUT2D eigenvalue weighted by Gasteiger charge is -2.36. The summed E-state index contributed by atoms with van der Waals surface area (Å²) in [6, 6.07) is 6.20. The molecular weight excluding hydrogens is 270 g/mol. The van der Waals surface area contributed by atoms with Crippen molar-refractivity contribution in [3.63, 3.8) is 0 Å². The molecule has 1 amide bonds. The summed E-state index contributed by atoms with van der Waals surface area (Å²) < 4.78 is 0. The van der Waals surface area contributed by atoms with Gasteiger partial charge in [-0.05, 0) is 17.4 Å². The van der Waals surface area contributed by atoms with Gasteiger partial charge in [-0.25, -0.2) is 0 Å². The van der Waals surface area contributed by atoms with Gasteiger partial charge in [-0.1, -0.05) is 19.9 Å². The van der Waals surface area contributed by atoms with Crippen LogP contribution in [-0.2, 0) is 4.79 Å². The van der Waals surface area contributed by atoms with E-state index in [1.165, 1.54) is 0 Å². The molecular formula is C15H21N3OS. The summed E-state index contributed by atoms with van der Waals surface area (Å²) in [5.41, 5.74) is 0. The molecule has 1 aromatic rings. The first kappa shape index (κ1) is 15.0. The van der Waals surface area contributed by atoms with Crippen LogP contribution in [0.1, 0.15) is 31.2 Å². The Balaban J connectivity index is 1.91. The number of amides is 1. The van der Waals surface area contributed by atoms with Crippen LogP contribution in [0, 0.1) is 17.2 Å². The molecule has 2 heterocycles. The minimum absolute atomic E-state index is 0.169. The average Bonchev–Trinajstić information content (AvgIpc) is 2.93. The minimum atomic E-state index is -0.169. The Hall–Kier alpha value is -1.38. The van der Waals surface area contributed by atoms with Crippen molar-refractivity contribution in [1.29, 1.82) is 5.26 Å². The highest BCUT2D eigenvalue weighted by molar-refractivity contribution is 7.10. The molecule has 1 atom stereocenters. The maximum Gasteiger partial charge on any atom is 0.222 e. The van der Waals surface area contributed by atoms with Crippen LogP contribution in [0.3, 0.4) is 0 Å². The van der Waals surface area contributed by atoms with Gasteiger partial charge in [-0.2, -0.15) is 5.26 Å². The van der Waals surface area contributed by atoms with Gasteiger partial charge in [-0.15, -0.1) is 11.3 Å². The maximum absolute atomic E-state index is 12.0. The number of piperazine rings is 1. The first-order valence-electron chi connectivity index (χ1n) is 7.06. The van der Waals surface area contributed by atoms with Crippen LogP contribution >= 0.6 is 11.3 Å². The first-order chi connectivity index (χ1) is 9.61. The summed E-state index contributed by atoms with van der Waals surface area (Å²) in [6.45, 7) is 7.15. The first-order valence-corrected chi connectivity index (χ1v) is 7.94. The Morgan fingerprint density at radius 1 is 1.40 bits per heavy atom. The second kappa shape index (κ2) is 6.87. The van der Waals surface area contributed by atoms with Crippen molar-refractivity contribution >= 4 is 17.2 Å². The van der Waals surface area contributed by atoms with Gasteiger partial charge in [0.05, 0.1) is 6.07 Å². The van der Waals surface area contributed by atoms with Crippen LogP contribution in [0.25, 0.3) is 0 Å². The molecule has 0 saturated carbocycles. The molecule has 0 aromatic carbocycles. The molecule has 0 bridgehead atoms. The summed E-state index contributed by atoms with van der Waals surface area (Å²) in [5.74, 6) is 0.641. The van der Waals surface area contributed by atoms with E-state index in [1.807, 2.05) is 22.4 Å². The third-order valence-corrected chi connectivity index (χ3v) is 4.47. The molecule has 0 radical (unpaired) electrons. The van der Waals surface area contributed by atoms with Crippen LogP contribution in [0.4, 0.5) is 0 Å². The molecule has 108 valence electrons. The quantitative estimate of drug-likeness (QED) is 0.856. The van der Waals surface area contributed by atoms with Crippen molar-refractivity contribution in [2.24, 2.45) is 5.92 Å². The molecule has 2 rings (SSSR count). The highest BCUT2D eigenvalue weighted by atomic mass is 32.1. The molecule has 5 heteroatoms. The fraction of sp³-hybridized carbons (Fsp3) is 0.600. The van der Waals surface area contributed by atoms with Crippen LogP contribution in [-0.4, -0.2) is 41.9 Å². The standard InChI is InChI=1S/C15H21N3OS/c1-12(2)10-15(19)18-7-5-17(6-8-18)13(11-16)14-4-3-9-20-14/h3-4,9,12-13H,5-8,10H2,1-2H3. The Morgan fingerprint density at radius 3 is 2.60 bits per heavy atom. The lowest BCUT2D eigenvalue weighted by Crippen LogP contribution is -2.49. The van der Waals surface area contributed by atoms with Crippen LogP contribution in [0.5, 0.6) is 0 Å². The summed E-state index contributed by atoms with van der Waals surface area (Å²) >= 11 is 1.62. The van der Waals surface area contributed by atoms with Gasteiger partial charge < -0.3 is 4.90 Å². The monoisotopic (exact) mass is 291 g/mol.